The number of amides is 1. The average Bonchev–Trinajstić information content (AvgIpc) is 2.63. The van der Waals surface area contributed by atoms with Crippen LogP contribution in [0.15, 0.2) is 24.3 Å². The number of anilines is 2. The predicted octanol–water partition coefficient (Wildman–Crippen LogP) is 3.66. The van der Waals surface area contributed by atoms with Crippen molar-refractivity contribution in [3.63, 3.8) is 0 Å². The molecule has 1 amide bonds. The van der Waals surface area contributed by atoms with E-state index in [2.05, 4.69) is 27.1 Å². The summed E-state index contributed by atoms with van der Waals surface area (Å²) in [4.78, 5) is 23.5. The number of nitrogens with one attached hydrogen (secondary N) is 1. The smallest absolute Gasteiger partial charge is 0.262 e. The maximum absolute atomic E-state index is 12.3. The highest BCUT2D eigenvalue weighted by molar-refractivity contribution is 5.92. The predicted molar refractivity (Wildman–Crippen MR) is 107 cm³/mol. The Morgan fingerprint density at radius 2 is 2.11 bits per heavy atom. The molecule has 1 saturated heterocycles. The minimum absolute atomic E-state index is 0.0837. The highest BCUT2D eigenvalue weighted by Gasteiger charge is 2.19. The molecule has 0 saturated carbocycles. The SMILES string of the molecule is Cc1cc(OCC(=O)Nc2cccc(C)c2C)nc(N2CCC[C@@H](C)C2)n1. The van der Waals surface area contributed by atoms with Gasteiger partial charge in [0.2, 0.25) is 11.8 Å². The standard InChI is InChI=1S/C21H28N4O2/c1-14-7-6-10-25(12-14)21-22-16(3)11-20(24-21)27-13-19(26)23-18-9-5-8-15(2)17(18)4/h5,8-9,11,14H,6-7,10,12-13H2,1-4H3,(H,23,26)/t14-/m1/s1. The van der Waals surface area contributed by atoms with E-state index in [0.29, 0.717) is 17.7 Å². The van der Waals surface area contributed by atoms with Gasteiger partial charge in [0.15, 0.2) is 6.61 Å². The van der Waals surface area contributed by atoms with Crippen LogP contribution in [0.25, 0.3) is 0 Å². The van der Waals surface area contributed by atoms with Crippen LogP contribution in [0.5, 0.6) is 5.88 Å². The number of nitrogens with zero attached hydrogens (tertiary/aromatic N) is 3. The van der Waals surface area contributed by atoms with Crippen molar-refractivity contribution in [3.05, 3.63) is 41.1 Å². The van der Waals surface area contributed by atoms with E-state index in [0.717, 1.165) is 42.0 Å². The van der Waals surface area contributed by atoms with Crippen molar-refractivity contribution < 1.29 is 9.53 Å². The highest BCUT2D eigenvalue weighted by atomic mass is 16.5. The Balaban J connectivity index is 1.63. The van der Waals surface area contributed by atoms with E-state index in [-0.39, 0.29) is 12.5 Å². The van der Waals surface area contributed by atoms with Gasteiger partial charge in [-0.1, -0.05) is 19.1 Å². The summed E-state index contributed by atoms with van der Waals surface area (Å²) in [6.07, 6.45) is 2.39. The zero-order chi connectivity index (χ0) is 19.4. The van der Waals surface area contributed by atoms with E-state index in [1.807, 2.05) is 39.0 Å². The number of rotatable bonds is 5. The van der Waals surface area contributed by atoms with Crippen LogP contribution < -0.4 is 15.0 Å². The molecule has 1 aromatic heterocycles. The summed E-state index contributed by atoms with van der Waals surface area (Å²) < 4.78 is 5.66. The first-order valence-electron chi connectivity index (χ1n) is 9.52. The molecule has 0 unspecified atom stereocenters. The van der Waals surface area contributed by atoms with Gasteiger partial charge in [0.25, 0.3) is 5.91 Å². The number of benzene rings is 1. The number of carbonyl (C=O) groups excluding carboxylic acids is 1. The second kappa shape index (κ2) is 8.37. The van der Waals surface area contributed by atoms with E-state index < -0.39 is 0 Å². The molecule has 0 radical (unpaired) electrons. The molecule has 3 rings (SSSR count). The first-order valence-corrected chi connectivity index (χ1v) is 9.52. The Bertz CT molecular complexity index is 822. The normalized spacial score (nSPS) is 16.9. The van der Waals surface area contributed by atoms with Gasteiger partial charge in [-0.05, 0) is 56.7 Å². The summed E-state index contributed by atoms with van der Waals surface area (Å²) in [5.74, 6) is 1.56. The molecule has 1 atom stereocenters. The van der Waals surface area contributed by atoms with Crippen molar-refractivity contribution in [1.29, 1.82) is 0 Å². The fourth-order valence-corrected chi connectivity index (χ4v) is 3.32. The number of ether oxygens (including phenoxy) is 1. The van der Waals surface area contributed by atoms with Crippen molar-refractivity contribution >= 4 is 17.5 Å². The Morgan fingerprint density at radius 3 is 2.89 bits per heavy atom. The molecule has 0 spiro atoms. The van der Waals surface area contributed by atoms with Crippen LogP contribution in [0, 0.1) is 26.7 Å². The summed E-state index contributed by atoms with van der Waals surface area (Å²) in [6.45, 7) is 10.0. The third kappa shape index (κ3) is 4.96. The third-order valence-corrected chi connectivity index (χ3v) is 4.99. The summed E-state index contributed by atoms with van der Waals surface area (Å²) in [5, 5.41) is 2.90. The largest absolute Gasteiger partial charge is 0.467 e. The zero-order valence-corrected chi connectivity index (χ0v) is 16.6. The topological polar surface area (TPSA) is 67.3 Å². The summed E-state index contributed by atoms with van der Waals surface area (Å²) in [5.41, 5.74) is 3.85. The van der Waals surface area contributed by atoms with Gasteiger partial charge >= 0.3 is 0 Å². The molecule has 1 aliphatic rings. The molecule has 6 heteroatoms. The lowest BCUT2D eigenvalue weighted by Crippen LogP contribution is -2.35. The van der Waals surface area contributed by atoms with Crippen molar-refractivity contribution in [3.8, 4) is 5.88 Å². The Hall–Kier alpha value is -2.63. The van der Waals surface area contributed by atoms with Crippen LogP contribution >= 0.6 is 0 Å². The zero-order valence-electron chi connectivity index (χ0n) is 16.6. The van der Waals surface area contributed by atoms with Gasteiger partial charge in [0, 0.05) is 30.5 Å². The highest BCUT2D eigenvalue weighted by Crippen LogP contribution is 2.22. The van der Waals surface area contributed by atoms with Crippen molar-refractivity contribution in [2.45, 2.75) is 40.5 Å². The van der Waals surface area contributed by atoms with Crippen LogP contribution in [-0.2, 0) is 4.79 Å². The first kappa shape index (κ1) is 19.1. The van der Waals surface area contributed by atoms with Gasteiger partial charge in [-0.15, -0.1) is 0 Å². The minimum atomic E-state index is -0.201. The van der Waals surface area contributed by atoms with Crippen LogP contribution in [-0.4, -0.2) is 35.6 Å². The molecular weight excluding hydrogens is 340 g/mol. The first-order chi connectivity index (χ1) is 12.9. The maximum atomic E-state index is 12.3. The quantitative estimate of drug-likeness (QED) is 0.872. The summed E-state index contributed by atoms with van der Waals surface area (Å²) in [6, 6.07) is 7.61. The third-order valence-electron chi connectivity index (χ3n) is 4.99. The molecule has 2 heterocycles. The van der Waals surface area contributed by atoms with Crippen molar-refractivity contribution in [1.82, 2.24) is 9.97 Å². The van der Waals surface area contributed by atoms with Gasteiger partial charge in [0.1, 0.15) is 0 Å². The lowest BCUT2D eigenvalue weighted by molar-refractivity contribution is -0.118. The average molecular weight is 368 g/mol. The van der Waals surface area contributed by atoms with Gasteiger partial charge in [-0.25, -0.2) is 4.98 Å². The number of aromatic nitrogens is 2. The van der Waals surface area contributed by atoms with Crippen molar-refractivity contribution in [2.24, 2.45) is 5.92 Å². The van der Waals surface area contributed by atoms with E-state index in [9.17, 15) is 4.79 Å². The number of aryl methyl sites for hydroxylation is 2. The van der Waals surface area contributed by atoms with Crippen LogP contribution in [0.4, 0.5) is 11.6 Å². The van der Waals surface area contributed by atoms with E-state index in [1.165, 1.54) is 6.42 Å². The number of hydrogen-bond donors (Lipinski definition) is 1. The Labute approximate surface area is 161 Å². The molecule has 2 aromatic rings. The Morgan fingerprint density at radius 1 is 1.30 bits per heavy atom. The number of hydrogen-bond acceptors (Lipinski definition) is 5. The maximum Gasteiger partial charge on any atom is 0.262 e. The second-order valence-electron chi connectivity index (χ2n) is 7.43. The van der Waals surface area contributed by atoms with Crippen LogP contribution in [0.2, 0.25) is 0 Å². The molecule has 1 aliphatic heterocycles. The van der Waals surface area contributed by atoms with Crippen LogP contribution in [0.1, 0.15) is 36.6 Å². The molecule has 0 aliphatic carbocycles. The fraction of sp³-hybridized carbons (Fsp3) is 0.476. The Kier molecular flexibility index (Phi) is 5.94. The van der Waals surface area contributed by atoms with E-state index >= 15 is 0 Å². The molecule has 27 heavy (non-hydrogen) atoms. The van der Waals surface area contributed by atoms with Crippen molar-refractivity contribution in [2.75, 3.05) is 29.9 Å². The lowest BCUT2D eigenvalue weighted by Gasteiger charge is -2.31. The number of carbonyl (C=O) groups is 1. The molecule has 0 bridgehead atoms. The molecule has 1 aromatic carbocycles. The second-order valence-corrected chi connectivity index (χ2v) is 7.43. The molecular formula is C21H28N4O2. The van der Waals surface area contributed by atoms with Gasteiger partial charge < -0.3 is 15.0 Å². The number of piperidine rings is 1. The van der Waals surface area contributed by atoms with E-state index in [1.54, 1.807) is 6.07 Å². The molecule has 1 N–H and O–H groups in total. The fourth-order valence-electron chi connectivity index (χ4n) is 3.32. The van der Waals surface area contributed by atoms with Gasteiger partial charge in [-0.2, -0.15) is 4.98 Å². The summed E-state index contributed by atoms with van der Waals surface area (Å²) in [7, 11) is 0. The van der Waals surface area contributed by atoms with Gasteiger partial charge in [0.05, 0.1) is 0 Å². The lowest BCUT2D eigenvalue weighted by atomic mass is 10.0. The minimum Gasteiger partial charge on any atom is -0.467 e. The monoisotopic (exact) mass is 368 g/mol. The van der Waals surface area contributed by atoms with Gasteiger partial charge in [-0.3, -0.25) is 4.79 Å². The summed E-state index contributed by atoms with van der Waals surface area (Å²) >= 11 is 0. The molecule has 144 valence electrons. The molecule has 1 fully saturated rings. The molecule has 6 nitrogen and oxygen atoms in total. The van der Waals surface area contributed by atoms with E-state index in [4.69, 9.17) is 4.74 Å². The van der Waals surface area contributed by atoms with Crippen LogP contribution in [0.3, 0.4) is 0 Å².